The lowest BCUT2D eigenvalue weighted by atomic mass is 10.4. The molecule has 1 heterocycles. The van der Waals surface area contributed by atoms with E-state index < -0.39 is 0 Å². The average Bonchev–Trinajstić information content (AvgIpc) is 2.16. The van der Waals surface area contributed by atoms with Crippen LogP contribution >= 0.6 is 24.0 Å². The van der Waals surface area contributed by atoms with Crippen LogP contribution < -0.4 is 28.7 Å². The molecule has 3 nitrogen and oxygen atoms in total. The number of nitrogens with two attached hydrogens (primary N) is 1. The second-order valence-electron chi connectivity index (χ2n) is 2.11. The minimum Gasteiger partial charge on any atom is -1.00 e. The van der Waals surface area contributed by atoms with E-state index in [0.717, 1.165) is 11.4 Å². The van der Waals surface area contributed by atoms with Gasteiger partial charge in [0.25, 0.3) is 0 Å². The van der Waals surface area contributed by atoms with E-state index in [4.69, 9.17) is 18.1 Å². The lowest BCUT2D eigenvalue weighted by molar-refractivity contribution is -0.388. The van der Waals surface area contributed by atoms with Gasteiger partial charge in [0.15, 0.2) is 11.9 Å². The average molecular weight is 236 g/mol. The van der Waals surface area contributed by atoms with Gasteiger partial charge in [0.05, 0.1) is 5.75 Å². The zero-order valence-corrected chi connectivity index (χ0v) is 9.18. The number of hydrogen-bond donors (Lipinski definition) is 2. The summed E-state index contributed by atoms with van der Waals surface area (Å²) in [5.74, 6) is 5.92. The van der Waals surface area contributed by atoms with Gasteiger partial charge in [-0.15, -0.1) is 0 Å². The van der Waals surface area contributed by atoms with Gasteiger partial charge in [-0.25, -0.2) is 10.8 Å². The Balaban J connectivity index is 0.00000144. The van der Waals surface area contributed by atoms with Gasteiger partial charge in [-0.3, -0.25) is 0 Å². The molecule has 1 rings (SSSR count). The van der Waals surface area contributed by atoms with Gasteiger partial charge < -0.3 is 17.8 Å². The maximum atomic E-state index is 5.11. The highest BCUT2D eigenvalue weighted by atomic mass is 35.5. The minimum absolute atomic E-state index is 0. The normalized spacial score (nSPS) is 8.69. The van der Waals surface area contributed by atoms with Crippen LogP contribution in [0.1, 0.15) is 5.69 Å². The van der Waals surface area contributed by atoms with Crippen LogP contribution in [0.15, 0.2) is 24.4 Å². The van der Waals surface area contributed by atoms with E-state index in [1.54, 1.807) is 0 Å². The van der Waals surface area contributed by atoms with Crippen molar-refractivity contribution in [2.24, 2.45) is 5.84 Å². The number of aromatic nitrogens is 1. The topological polar surface area (TPSA) is 52.2 Å². The Morgan fingerprint density at radius 1 is 1.62 bits per heavy atom. The molecule has 0 radical (unpaired) electrons. The molecular weight excluding hydrogens is 226 g/mol. The number of hydrazine groups is 1. The molecule has 0 spiro atoms. The lowest BCUT2D eigenvalue weighted by Crippen LogP contribution is -3.00. The second kappa shape index (κ2) is 7.08. The molecule has 0 unspecified atom stereocenters. The largest absolute Gasteiger partial charge is 1.00 e. The predicted octanol–water partition coefficient (Wildman–Crippen LogP) is -2.51. The van der Waals surface area contributed by atoms with Crippen LogP contribution in [0.3, 0.4) is 0 Å². The van der Waals surface area contributed by atoms with Crippen molar-refractivity contribution in [3.05, 3.63) is 30.1 Å². The number of rotatable bonds is 2. The fraction of sp³-hybridized carbons (Fsp3) is 0.143. The highest BCUT2D eigenvalue weighted by molar-refractivity contribution is 8.22. The molecule has 0 atom stereocenters. The van der Waals surface area contributed by atoms with Crippen molar-refractivity contribution in [3.8, 4) is 0 Å². The number of hydrogen-bond acceptors (Lipinski definition) is 3. The van der Waals surface area contributed by atoms with Gasteiger partial charge in [0.2, 0.25) is 0 Å². The smallest absolute Gasteiger partial charge is 0.190 e. The third kappa shape index (κ3) is 5.05. The fourth-order valence-corrected chi connectivity index (χ4v) is 1.43. The summed E-state index contributed by atoms with van der Waals surface area (Å²) in [5.41, 5.74) is 3.54. The summed E-state index contributed by atoms with van der Waals surface area (Å²) in [4.78, 5) is 3.10. The van der Waals surface area contributed by atoms with Crippen molar-refractivity contribution in [2.75, 3.05) is 0 Å². The van der Waals surface area contributed by atoms with Crippen molar-refractivity contribution in [1.82, 2.24) is 5.43 Å². The molecule has 0 saturated carbocycles. The Labute approximate surface area is 92.9 Å². The van der Waals surface area contributed by atoms with E-state index in [0.29, 0.717) is 4.32 Å². The maximum Gasteiger partial charge on any atom is 0.190 e. The van der Waals surface area contributed by atoms with E-state index in [2.05, 4.69) is 10.4 Å². The summed E-state index contributed by atoms with van der Waals surface area (Å²) < 4.78 is 0.604. The number of aromatic amines is 1. The molecule has 0 aliphatic heterocycles. The summed E-state index contributed by atoms with van der Waals surface area (Å²) >= 11 is 6.36. The molecule has 1 aromatic rings. The quantitative estimate of drug-likeness (QED) is 0.338. The molecule has 0 saturated heterocycles. The number of thiocarbonyl (C=S) groups is 1. The summed E-state index contributed by atoms with van der Waals surface area (Å²) in [6.45, 7) is 0. The monoisotopic (exact) mass is 235 g/mol. The third-order valence-corrected chi connectivity index (χ3v) is 2.56. The first-order valence-corrected chi connectivity index (χ1v) is 4.81. The molecule has 0 aliphatic rings. The highest BCUT2D eigenvalue weighted by Crippen LogP contribution is 2.07. The van der Waals surface area contributed by atoms with Gasteiger partial charge in [-0.2, -0.15) is 0 Å². The van der Waals surface area contributed by atoms with Gasteiger partial charge in [-0.05, 0) is 0 Å². The van der Waals surface area contributed by atoms with Gasteiger partial charge in [0.1, 0.15) is 4.32 Å². The Morgan fingerprint density at radius 2 is 2.38 bits per heavy atom. The molecule has 13 heavy (non-hydrogen) atoms. The van der Waals surface area contributed by atoms with Crippen LogP contribution in [0.4, 0.5) is 0 Å². The summed E-state index contributed by atoms with van der Waals surface area (Å²) in [6.07, 6.45) is 1.88. The molecule has 0 bridgehead atoms. The third-order valence-electron chi connectivity index (χ3n) is 1.25. The van der Waals surface area contributed by atoms with Crippen LogP contribution in [0.5, 0.6) is 0 Å². The standard InChI is InChI=1S/C7H9N3S2.ClH/c8-10-7(11)12-5-6-3-1-2-4-9-6;/h1-4H,5,8H2,(H,10,11);1H. The molecule has 6 heteroatoms. The predicted molar refractivity (Wildman–Crippen MR) is 54.2 cm³/mol. The first kappa shape index (κ1) is 12.6. The van der Waals surface area contributed by atoms with Crippen LogP contribution in [-0.4, -0.2) is 4.32 Å². The maximum absolute atomic E-state index is 5.11. The number of thioether (sulfide) groups is 1. The molecule has 0 aromatic carbocycles. The van der Waals surface area contributed by atoms with Crippen molar-refractivity contribution in [3.63, 3.8) is 0 Å². The van der Waals surface area contributed by atoms with Crippen LogP contribution in [-0.2, 0) is 5.75 Å². The van der Waals surface area contributed by atoms with Crippen molar-refractivity contribution in [2.45, 2.75) is 5.75 Å². The number of nitrogens with one attached hydrogen (secondary N) is 2. The number of pyridine rings is 1. The fourth-order valence-electron chi connectivity index (χ4n) is 0.705. The Hall–Kier alpha value is -0.360. The Kier molecular flexibility index (Phi) is 6.89. The highest BCUT2D eigenvalue weighted by Gasteiger charge is 2.00. The molecule has 4 N–H and O–H groups in total. The SMILES string of the molecule is NNC(=S)SCc1cccc[nH+]1.[Cl-]. The van der Waals surface area contributed by atoms with E-state index in [9.17, 15) is 0 Å². The van der Waals surface area contributed by atoms with Gasteiger partial charge in [-0.1, -0.05) is 30.0 Å². The summed E-state index contributed by atoms with van der Waals surface area (Å²) in [5, 5.41) is 0. The first-order valence-electron chi connectivity index (χ1n) is 3.42. The van der Waals surface area contributed by atoms with E-state index >= 15 is 0 Å². The Bertz CT molecular complexity index is 255. The summed E-state index contributed by atoms with van der Waals surface area (Å²) in [7, 11) is 0. The van der Waals surface area contributed by atoms with Crippen LogP contribution in [0.2, 0.25) is 0 Å². The van der Waals surface area contributed by atoms with E-state index in [1.165, 1.54) is 11.8 Å². The van der Waals surface area contributed by atoms with Gasteiger partial charge >= 0.3 is 0 Å². The molecule has 72 valence electrons. The Morgan fingerprint density at radius 3 is 2.92 bits per heavy atom. The number of halogens is 1. The zero-order valence-electron chi connectivity index (χ0n) is 6.79. The van der Waals surface area contributed by atoms with Crippen LogP contribution in [0.25, 0.3) is 0 Å². The molecule has 1 aromatic heterocycles. The zero-order chi connectivity index (χ0) is 8.81. The van der Waals surface area contributed by atoms with Crippen LogP contribution in [0, 0.1) is 0 Å². The lowest BCUT2D eigenvalue weighted by Gasteiger charge is -1.97. The van der Waals surface area contributed by atoms with E-state index in [1.807, 2.05) is 24.4 Å². The number of H-pyrrole nitrogens is 1. The van der Waals surface area contributed by atoms with E-state index in [-0.39, 0.29) is 12.4 Å². The van der Waals surface area contributed by atoms with Crippen molar-refractivity contribution < 1.29 is 17.4 Å². The van der Waals surface area contributed by atoms with Crippen molar-refractivity contribution in [1.29, 1.82) is 0 Å². The molecule has 0 amide bonds. The first-order chi connectivity index (χ1) is 5.83. The minimum atomic E-state index is 0. The second-order valence-corrected chi connectivity index (χ2v) is 3.76. The van der Waals surface area contributed by atoms with Crippen molar-refractivity contribution >= 4 is 28.3 Å². The molecule has 0 aliphatic carbocycles. The molecule has 0 fully saturated rings. The van der Waals surface area contributed by atoms with Gasteiger partial charge in [0, 0.05) is 12.1 Å². The summed E-state index contributed by atoms with van der Waals surface area (Å²) in [6, 6.07) is 5.92. The molecular formula is C7H10ClN3S2.